The Bertz CT molecular complexity index is 519. The van der Waals surface area contributed by atoms with Gasteiger partial charge < -0.3 is 19.7 Å². The highest BCUT2D eigenvalue weighted by molar-refractivity contribution is 5.98. The molecule has 23 heavy (non-hydrogen) atoms. The van der Waals surface area contributed by atoms with Crippen LogP contribution in [-0.4, -0.2) is 63.1 Å². The molecule has 0 bridgehead atoms. The standard InChI is InChI=1S/C14H18F3N3O3/c15-14(16,17)10-23-7-4-19-13(21)11-2-1-3-18-12(11)20-5-8-22-9-6-20/h1-3H,4-10H2,(H,19,21). The van der Waals surface area contributed by atoms with E-state index in [1.54, 1.807) is 18.3 Å². The number of carbonyl (C=O) groups excluding carboxylic acids is 1. The number of rotatable bonds is 6. The molecule has 128 valence electrons. The summed E-state index contributed by atoms with van der Waals surface area (Å²) in [6.45, 7) is 0.837. The Morgan fingerprint density at radius 1 is 1.39 bits per heavy atom. The molecule has 1 N–H and O–H groups in total. The van der Waals surface area contributed by atoms with Crippen LogP contribution >= 0.6 is 0 Å². The van der Waals surface area contributed by atoms with Crippen molar-refractivity contribution in [1.29, 1.82) is 0 Å². The van der Waals surface area contributed by atoms with Crippen LogP contribution in [0.1, 0.15) is 10.4 Å². The molecule has 1 aliphatic rings. The van der Waals surface area contributed by atoms with Crippen molar-refractivity contribution in [3.8, 4) is 0 Å². The van der Waals surface area contributed by atoms with E-state index in [9.17, 15) is 18.0 Å². The van der Waals surface area contributed by atoms with Gasteiger partial charge in [-0.25, -0.2) is 4.98 Å². The first-order valence-corrected chi connectivity index (χ1v) is 7.18. The van der Waals surface area contributed by atoms with Gasteiger partial charge in [-0.1, -0.05) is 0 Å². The van der Waals surface area contributed by atoms with Crippen LogP contribution in [0.3, 0.4) is 0 Å². The second-order valence-electron chi connectivity index (χ2n) is 4.90. The number of halogens is 3. The highest BCUT2D eigenvalue weighted by Crippen LogP contribution is 2.18. The fourth-order valence-electron chi connectivity index (χ4n) is 2.12. The molecule has 1 aromatic rings. The zero-order chi connectivity index (χ0) is 16.7. The number of hydrogen-bond donors (Lipinski definition) is 1. The number of nitrogens with one attached hydrogen (secondary N) is 1. The Kier molecular flexibility index (Phi) is 6.17. The Hall–Kier alpha value is -1.87. The summed E-state index contributed by atoms with van der Waals surface area (Å²) in [7, 11) is 0. The van der Waals surface area contributed by atoms with Gasteiger partial charge in [0.15, 0.2) is 0 Å². The zero-order valence-electron chi connectivity index (χ0n) is 12.4. The zero-order valence-corrected chi connectivity index (χ0v) is 12.4. The molecular formula is C14H18F3N3O3. The second-order valence-corrected chi connectivity index (χ2v) is 4.90. The molecule has 2 rings (SSSR count). The number of aromatic nitrogens is 1. The molecule has 9 heteroatoms. The average molecular weight is 333 g/mol. The molecule has 0 radical (unpaired) electrons. The first-order chi connectivity index (χ1) is 11.0. The van der Waals surface area contributed by atoms with E-state index in [0.29, 0.717) is 37.7 Å². The Morgan fingerprint density at radius 2 is 2.13 bits per heavy atom. The van der Waals surface area contributed by atoms with Gasteiger partial charge in [-0.3, -0.25) is 4.79 Å². The maximum absolute atomic E-state index is 12.2. The van der Waals surface area contributed by atoms with Crippen LogP contribution in [0.25, 0.3) is 0 Å². The molecule has 0 aromatic carbocycles. The molecule has 2 heterocycles. The van der Waals surface area contributed by atoms with Crippen molar-refractivity contribution in [3.05, 3.63) is 23.9 Å². The molecule has 1 saturated heterocycles. The quantitative estimate of drug-likeness (QED) is 0.794. The fourth-order valence-corrected chi connectivity index (χ4v) is 2.12. The van der Waals surface area contributed by atoms with Gasteiger partial charge in [0.25, 0.3) is 5.91 Å². The lowest BCUT2D eigenvalue weighted by Crippen LogP contribution is -2.38. The minimum absolute atomic E-state index is 0.00758. The van der Waals surface area contributed by atoms with E-state index in [1.165, 1.54) is 0 Å². The first-order valence-electron chi connectivity index (χ1n) is 7.18. The summed E-state index contributed by atoms with van der Waals surface area (Å²) < 4.78 is 45.5. The van der Waals surface area contributed by atoms with Gasteiger partial charge in [0.2, 0.25) is 0 Å². The molecule has 0 aliphatic carbocycles. The number of carbonyl (C=O) groups is 1. The van der Waals surface area contributed by atoms with Gasteiger partial charge in [0.05, 0.1) is 25.4 Å². The molecule has 6 nitrogen and oxygen atoms in total. The van der Waals surface area contributed by atoms with E-state index < -0.39 is 18.7 Å². The van der Waals surface area contributed by atoms with Crippen LogP contribution in [0, 0.1) is 0 Å². The van der Waals surface area contributed by atoms with E-state index in [1.807, 2.05) is 4.90 Å². The summed E-state index contributed by atoms with van der Waals surface area (Å²) in [5.41, 5.74) is 0.380. The number of hydrogen-bond acceptors (Lipinski definition) is 5. The largest absolute Gasteiger partial charge is 0.411 e. The molecule has 1 fully saturated rings. The van der Waals surface area contributed by atoms with Gasteiger partial charge in [-0.2, -0.15) is 13.2 Å². The van der Waals surface area contributed by atoms with Crippen molar-refractivity contribution in [2.24, 2.45) is 0 Å². The van der Waals surface area contributed by atoms with Crippen LogP contribution in [0.15, 0.2) is 18.3 Å². The van der Waals surface area contributed by atoms with Gasteiger partial charge in [-0.15, -0.1) is 0 Å². The van der Waals surface area contributed by atoms with Crippen molar-refractivity contribution in [3.63, 3.8) is 0 Å². The van der Waals surface area contributed by atoms with Crippen LogP contribution in [-0.2, 0) is 9.47 Å². The Labute approximate surface area is 131 Å². The highest BCUT2D eigenvalue weighted by atomic mass is 19.4. The molecule has 1 amide bonds. The van der Waals surface area contributed by atoms with Crippen LogP contribution in [0.4, 0.5) is 19.0 Å². The number of anilines is 1. The summed E-state index contributed by atoms with van der Waals surface area (Å²) in [5.74, 6) is 0.153. The van der Waals surface area contributed by atoms with Crippen molar-refractivity contribution in [2.75, 3.05) is 51.0 Å². The molecule has 0 atom stereocenters. The van der Waals surface area contributed by atoms with Crippen molar-refractivity contribution in [1.82, 2.24) is 10.3 Å². The average Bonchev–Trinajstić information content (AvgIpc) is 2.54. The van der Waals surface area contributed by atoms with Crippen molar-refractivity contribution < 1.29 is 27.4 Å². The number of ether oxygens (including phenoxy) is 2. The highest BCUT2D eigenvalue weighted by Gasteiger charge is 2.27. The third-order valence-electron chi connectivity index (χ3n) is 3.14. The number of nitrogens with zero attached hydrogens (tertiary/aromatic N) is 2. The summed E-state index contributed by atoms with van der Waals surface area (Å²) in [4.78, 5) is 18.4. The normalized spacial score (nSPS) is 15.5. The summed E-state index contributed by atoms with van der Waals surface area (Å²) in [6.07, 6.45) is -2.77. The minimum Gasteiger partial charge on any atom is -0.378 e. The third kappa shape index (κ3) is 5.68. The lowest BCUT2D eigenvalue weighted by Gasteiger charge is -2.29. The van der Waals surface area contributed by atoms with Crippen molar-refractivity contribution >= 4 is 11.7 Å². The van der Waals surface area contributed by atoms with E-state index in [-0.39, 0.29) is 13.2 Å². The molecule has 0 unspecified atom stereocenters. The molecule has 1 aliphatic heterocycles. The summed E-state index contributed by atoms with van der Waals surface area (Å²) >= 11 is 0. The molecule has 1 aromatic heterocycles. The molecular weight excluding hydrogens is 315 g/mol. The number of morpholine rings is 1. The van der Waals surface area contributed by atoms with Crippen molar-refractivity contribution in [2.45, 2.75) is 6.18 Å². The molecule has 0 spiro atoms. The number of alkyl halides is 3. The van der Waals surface area contributed by atoms with E-state index in [2.05, 4.69) is 15.0 Å². The fraction of sp³-hybridized carbons (Fsp3) is 0.571. The topological polar surface area (TPSA) is 63.7 Å². The smallest absolute Gasteiger partial charge is 0.378 e. The lowest BCUT2D eigenvalue weighted by molar-refractivity contribution is -0.173. The van der Waals surface area contributed by atoms with E-state index in [0.717, 1.165) is 0 Å². The van der Waals surface area contributed by atoms with Gasteiger partial charge in [0, 0.05) is 25.8 Å². The van der Waals surface area contributed by atoms with E-state index >= 15 is 0 Å². The van der Waals surface area contributed by atoms with Crippen LogP contribution in [0.5, 0.6) is 0 Å². The third-order valence-corrected chi connectivity index (χ3v) is 3.14. The molecule has 0 saturated carbocycles. The monoisotopic (exact) mass is 333 g/mol. The summed E-state index contributed by atoms with van der Waals surface area (Å²) in [5, 5.41) is 2.54. The second kappa shape index (κ2) is 8.11. The predicted molar refractivity (Wildman–Crippen MR) is 76.5 cm³/mol. The number of pyridine rings is 1. The van der Waals surface area contributed by atoms with Crippen LogP contribution < -0.4 is 10.2 Å². The minimum atomic E-state index is -4.36. The first kappa shape index (κ1) is 17.5. The maximum Gasteiger partial charge on any atom is 0.411 e. The van der Waals surface area contributed by atoms with Gasteiger partial charge in [-0.05, 0) is 12.1 Å². The van der Waals surface area contributed by atoms with Gasteiger partial charge >= 0.3 is 6.18 Å². The van der Waals surface area contributed by atoms with Crippen LogP contribution in [0.2, 0.25) is 0 Å². The summed E-state index contributed by atoms with van der Waals surface area (Å²) in [6, 6.07) is 3.27. The maximum atomic E-state index is 12.2. The predicted octanol–water partition coefficient (Wildman–Crippen LogP) is 1.23. The number of amides is 1. The SMILES string of the molecule is O=C(NCCOCC(F)(F)F)c1cccnc1N1CCOCC1. The lowest BCUT2D eigenvalue weighted by atomic mass is 10.2. The Morgan fingerprint density at radius 3 is 2.83 bits per heavy atom. The van der Waals surface area contributed by atoms with E-state index in [4.69, 9.17) is 4.74 Å². The van der Waals surface area contributed by atoms with Gasteiger partial charge in [0.1, 0.15) is 12.4 Å². The Balaban J connectivity index is 1.87.